The summed E-state index contributed by atoms with van der Waals surface area (Å²) in [4.78, 5) is 0. The molecular formula is C52H34. The second-order valence-corrected chi connectivity index (χ2v) is 13.7. The van der Waals surface area contributed by atoms with Crippen molar-refractivity contribution in [2.45, 2.75) is 0 Å². The van der Waals surface area contributed by atoms with Gasteiger partial charge in [0.05, 0.1) is 0 Å². The molecule has 0 atom stereocenters. The standard InChI is InChI=1S/C52H34/c1-2-12-35(13-3-1)40-28-29-43-33-41(30-31-42(43)32-40)39-16-10-17-44(34-39)52-49-21-8-6-19-47(49)51(48-20-7-9-22-50(48)52)38-26-24-37(25-27-38)46-23-11-15-36-14-4-5-18-45(36)46/h1-34H. The minimum atomic E-state index is 1.22. The summed E-state index contributed by atoms with van der Waals surface area (Å²) in [5, 5.41) is 10.1. The van der Waals surface area contributed by atoms with Gasteiger partial charge in [-0.25, -0.2) is 0 Å². The van der Waals surface area contributed by atoms with Crippen LogP contribution in [0.5, 0.6) is 0 Å². The molecule has 0 bridgehead atoms. The minimum Gasteiger partial charge on any atom is -0.0622 e. The topological polar surface area (TPSA) is 0 Å². The van der Waals surface area contributed by atoms with E-state index in [2.05, 4.69) is 206 Å². The van der Waals surface area contributed by atoms with E-state index < -0.39 is 0 Å². The van der Waals surface area contributed by atoms with Crippen molar-refractivity contribution in [2.24, 2.45) is 0 Å². The van der Waals surface area contributed by atoms with E-state index >= 15 is 0 Å². The van der Waals surface area contributed by atoms with E-state index in [4.69, 9.17) is 0 Å². The van der Waals surface area contributed by atoms with Crippen LogP contribution in [-0.4, -0.2) is 0 Å². The molecule has 0 saturated carbocycles. The quantitative estimate of drug-likeness (QED) is 0.161. The Morgan fingerprint density at radius 2 is 0.615 bits per heavy atom. The van der Waals surface area contributed by atoms with Gasteiger partial charge in [0, 0.05) is 0 Å². The van der Waals surface area contributed by atoms with Gasteiger partial charge in [-0.2, -0.15) is 0 Å². The van der Waals surface area contributed by atoms with Crippen molar-refractivity contribution in [2.75, 3.05) is 0 Å². The van der Waals surface area contributed by atoms with Crippen molar-refractivity contribution in [1.82, 2.24) is 0 Å². The van der Waals surface area contributed by atoms with Gasteiger partial charge in [0.1, 0.15) is 0 Å². The highest BCUT2D eigenvalue weighted by Crippen LogP contribution is 2.45. The summed E-state index contributed by atoms with van der Waals surface area (Å²) < 4.78 is 0. The first-order valence-electron chi connectivity index (χ1n) is 18.0. The van der Waals surface area contributed by atoms with Gasteiger partial charge in [-0.3, -0.25) is 0 Å². The summed E-state index contributed by atoms with van der Waals surface area (Å²) in [6, 6.07) is 75.5. The number of rotatable bonds is 5. The Morgan fingerprint density at radius 3 is 1.27 bits per heavy atom. The Kier molecular flexibility index (Phi) is 7.25. The Morgan fingerprint density at radius 1 is 0.192 bits per heavy atom. The van der Waals surface area contributed by atoms with Crippen LogP contribution < -0.4 is 0 Å². The van der Waals surface area contributed by atoms with Gasteiger partial charge < -0.3 is 0 Å². The molecule has 0 heteroatoms. The van der Waals surface area contributed by atoms with Gasteiger partial charge >= 0.3 is 0 Å². The molecule has 0 aliphatic heterocycles. The highest BCUT2D eigenvalue weighted by molar-refractivity contribution is 6.21. The van der Waals surface area contributed by atoms with E-state index in [1.807, 2.05) is 0 Å². The van der Waals surface area contributed by atoms with Crippen LogP contribution in [0.2, 0.25) is 0 Å². The number of hydrogen-bond acceptors (Lipinski definition) is 0. The normalized spacial score (nSPS) is 11.5. The molecule has 0 unspecified atom stereocenters. The maximum absolute atomic E-state index is 2.37. The van der Waals surface area contributed by atoms with Crippen LogP contribution in [0.25, 0.3) is 98.7 Å². The fourth-order valence-corrected chi connectivity index (χ4v) is 8.13. The molecule has 0 heterocycles. The van der Waals surface area contributed by atoms with Crippen LogP contribution in [0.15, 0.2) is 206 Å². The van der Waals surface area contributed by atoms with Crippen LogP contribution in [0.3, 0.4) is 0 Å². The predicted octanol–water partition coefficient (Wildman–Crippen LogP) is 14.6. The third-order valence-electron chi connectivity index (χ3n) is 10.6. The third-order valence-corrected chi connectivity index (χ3v) is 10.6. The lowest BCUT2D eigenvalue weighted by molar-refractivity contribution is 1.61. The second-order valence-electron chi connectivity index (χ2n) is 13.7. The molecule has 0 saturated heterocycles. The maximum Gasteiger partial charge on any atom is -0.00262 e. The number of benzene rings is 10. The van der Waals surface area contributed by atoms with E-state index in [0.29, 0.717) is 0 Å². The Hall–Kier alpha value is -6.76. The fraction of sp³-hybridized carbons (Fsp3) is 0. The van der Waals surface area contributed by atoms with Gasteiger partial charge in [-0.1, -0.05) is 188 Å². The Bertz CT molecular complexity index is 2870. The monoisotopic (exact) mass is 658 g/mol. The molecule has 0 aliphatic carbocycles. The Balaban J connectivity index is 1.08. The van der Waals surface area contributed by atoms with Crippen LogP contribution in [0.1, 0.15) is 0 Å². The zero-order valence-electron chi connectivity index (χ0n) is 28.6. The largest absolute Gasteiger partial charge is 0.0622 e. The van der Waals surface area contributed by atoms with Gasteiger partial charge in [-0.05, 0) is 117 Å². The molecule has 0 spiro atoms. The van der Waals surface area contributed by atoms with E-state index in [1.165, 1.54) is 98.7 Å². The van der Waals surface area contributed by atoms with Crippen molar-refractivity contribution >= 4 is 43.1 Å². The zero-order valence-corrected chi connectivity index (χ0v) is 28.6. The molecule has 242 valence electrons. The molecule has 0 nitrogen and oxygen atoms in total. The van der Waals surface area contributed by atoms with Crippen molar-refractivity contribution in [3.05, 3.63) is 206 Å². The van der Waals surface area contributed by atoms with Gasteiger partial charge in [0.15, 0.2) is 0 Å². The highest BCUT2D eigenvalue weighted by Gasteiger charge is 2.17. The van der Waals surface area contributed by atoms with E-state index in [9.17, 15) is 0 Å². The first-order valence-corrected chi connectivity index (χ1v) is 18.0. The van der Waals surface area contributed by atoms with Crippen LogP contribution in [0, 0.1) is 0 Å². The van der Waals surface area contributed by atoms with E-state index in [0.717, 1.165) is 0 Å². The van der Waals surface area contributed by atoms with Crippen molar-refractivity contribution < 1.29 is 0 Å². The fourth-order valence-electron chi connectivity index (χ4n) is 8.13. The summed E-state index contributed by atoms with van der Waals surface area (Å²) in [6.07, 6.45) is 0. The first kappa shape index (κ1) is 30.1. The van der Waals surface area contributed by atoms with Crippen molar-refractivity contribution in [1.29, 1.82) is 0 Å². The summed E-state index contributed by atoms with van der Waals surface area (Å²) in [5.74, 6) is 0. The molecule has 10 aromatic rings. The van der Waals surface area contributed by atoms with Crippen LogP contribution in [-0.2, 0) is 0 Å². The summed E-state index contributed by atoms with van der Waals surface area (Å²) in [5.41, 5.74) is 12.4. The second kappa shape index (κ2) is 12.5. The molecule has 10 rings (SSSR count). The highest BCUT2D eigenvalue weighted by atomic mass is 14.2. The lowest BCUT2D eigenvalue weighted by atomic mass is 9.85. The summed E-state index contributed by atoms with van der Waals surface area (Å²) in [7, 11) is 0. The zero-order chi connectivity index (χ0) is 34.4. The van der Waals surface area contributed by atoms with Crippen molar-refractivity contribution in [3.63, 3.8) is 0 Å². The van der Waals surface area contributed by atoms with E-state index in [1.54, 1.807) is 0 Å². The maximum atomic E-state index is 2.37. The van der Waals surface area contributed by atoms with Gasteiger partial charge in [-0.15, -0.1) is 0 Å². The van der Waals surface area contributed by atoms with Crippen LogP contribution in [0.4, 0.5) is 0 Å². The molecule has 0 radical (unpaired) electrons. The molecule has 52 heavy (non-hydrogen) atoms. The summed E-state index contributed by atoms with van der Waals surface area (Å²) >= 11 is 0. The molecule has 0 aliphatic rings. The lowest BCUT2D eigenvalue weighted by Gasteiger charge is -2.18. The van der Waals surface area contributed by atoms with E-state index in [-0.39, 0.29) is 0 Å². The molecule has 10 aromatic carbocycles. The number of fused-ring (bicyclic) bond motifs is 4. The average molecular weight is 659 g/mol. The molecule has 0 fully saturated rings. The SMILES string of the molecule is c1ccc(-c2ccc3cc(-c4cccc(-c5c6ccccc6c(-c6ccc(-c7cccc8ccccc78)cc6)c6ccccc56)c4)ccc3c2)cc1. The van der Waals surface area contributed by atoms with Gasteiger partial charge in [0.25, 0.3) is 0 Å². The first-order chi connectivity index (χ1) is 25.8. The third kappa shape index (κ3) is 5.16. The van der Waals surface area contributed by atoms with Gasteiger partial charge in [0.2, 0.25) is 0 Å². The number of hydrogen-bond donors (Lipinski definition) is 0. The predicted molar refractivity (Wildman–Crippen MR) is 224 cm³/mol. The minimum absolute atomic E-state index is 1.22. The average Bonchev–Trinajstić information content (AvgIpc) is 3.22. The molecular weight excluding hydrogens is 625 g/mol. The van der Waals surface area contributed by atoms with Crippen molar-refractivity contribution in [3.8, 4) is 55.6 Å². The molecule has 0 amide bonds. The lowest BCUT2D eigenvalue weighted by Crippen LogP contribution is -1.91. The summed E-state index contributed by atoms with van der Waals surface area (Å²) in [6.45, 7) is 0. The Labute approximate surface area is 303 Å². The molecule has 0 N–H and O–H groups in total. The molecule has 0 aromatic heterocycles. The smallest absolute Gasteiger partial charge is 0.00262 e. The van der Waals surface area contributed by atoms with Crippen LogP contribution >= 0.6 is 0 Å².